The van der Waals surface area contributed by atoms with Crippen molar-refractivity contribution >= 4 is 23.6 Å². The molecule has 0 saturated heterocycles. The molecule has 0 aliphatic carbocycles. The van der Waals surface area contributed by atoms with Crippen molar-refractivity contribution < 1.29 is 9.72 Å². The van der Waals surface area contributed by atoms with Crippen molar-refractivity contribution in [3.63, 3.8) is 0 Å². The van der Waals surface area contributed by atoms with Gasteiger partial charge in [0.25, 0.3) is 11.6 Å². The summed E-state index contributed by atoms with van der Waals surface area (Å²) in [6.07, 6.45) is 5.88. The Bertz CT molecular complexity index is 638. The number of rotatable bonds is 4. The zero-order valence-electron chi connectivity index (χ0n) is 10.3. The lowest BCUT2D eigenvalue weighted by molar-refractivity contribution is -0.384. The maximum Gasteiger partial charge on any atom is 0.269 e. The Labute approximate surface area is 114 Å². The van der Waals surface area contributed by atoms with Gasteiger partial charge >= 0.3 is 0 Å². The van der Waals surface area contributed by atoms with E-state index in [1.165, 1.54) is 30.6 Å². The van der Waals surface area contributed by atoms with E-state index in [0.29, 0.717) is 5.56 Å². The molecule has 0 fully saturated rings. The number of amides is 1. The van der Waals surface area contributed by atoms with E-state index in [1.807, 2.05) is 0 Å². The minimum atomic E-state index is -0.479. The van der Waals surface area contributed by atoms with Crippen LogP contribution in [0.5, 0.6) is 0 Å². The third kappa shape index (κ3) is 3.70. The van der Waals surface area contributed by atoms with Crippen LogP contribution in [0.4, 0.5) is 11.6 Å². The summed E-state index contributed by atoms with van der Waals surface area (Å²) in [5.41, 5.74) is 0.684. The molecule has 2 rings (SSSR count). The Morgan fingerprint density at radius 3 is 2.45 bits per heavy atom. The van der Waals surface area contributed by atoms with Crippen LogP contribution in [0.2, 0.25) is 0 Å². The maximum atomic E-state index is 11.6. The average Bonchev–Trinajstić information content (AvgIpc) is 2.46. The first-order chi connectivity index (χ1) is 9.65. The predicted octanol–water partition coefficient (Wildman–Crippen LogP) is 2.04. The molecule has 7 nitrogen and oxygen atoms in total. The molecule has 0 atom stereocenters. The van der Waals surface area contributed by atoms with Gasteiger partial charge in [0.1, 0.15) is 0 Å². The molecule has 0 spiro atoms. The number of carbonyl (C=O) groups is 1. The van der Waals surface area contributed by atoms with Crippen molar-refractivity contribution in [2.75, 3.05) is 5.32 Å². The van der Waals surface area contributed by atoms with E-state index in [1.54, 1.807) is 24.3 Å². The number of hydrogen-bond acceptors (Lipinski definition) is 5. The number of anilines is 1. The Balaban J connectivity index is 1.98. The van der Waals surface area contributed by atoms with E-state index in [9.17, 15) is 14.9 Å². The summed E-state index contributed by atoms with van der Waals surface area (Å²) in [5.74, 6) is -0.166. The summed E-state index contributed by atoms with van der Waals surface area (Å²) in [5, 5.41) is 13.0. The molecule has 1 heterocycles. The normalized spacial score (nSPS) is 10.4. The van der Waals surface area contributed by atoms with Crippen molar-refractivity contribution in [2.24, 2.45) is 0 Å². The second kappa shape index (κ2) is 6.19. The van der Waals surface area contributed by atoms with Crippen LogP contribution >= 0.6 is 0 Å². The topological polar surface area (TPSA) is 98.0 Å². The minimum absolute atomic E-state index is 0.00397. The molecule has 1 amide bonds. The minimum Gasteiger partial charge on any atom is -0.291 e. The first-order valence-corrected chi connectivity index (χ1v) is 5.66. The number of non-ortho nitro benzene ring substituents is 1. The molecule has 0 unspecified atom stereocenters. The van der Waals surface area contributed by atoms with Gasteiger partial charge in [-0.2, -0.15) is 0 Å². The van der Waals surface area contributed by atoms with Crippen molar-refractivity contribution in [1.29, 1.82) is 0 Å². The third-order valence-electron chi connectivity index (χ3n) is 2.33. The van der Waals surface area contributed by atoms with Crippen LogP contribution < -0.4 is 5.32 Å². The van der Waals surface area contributed by atoms with E-state index < -0.39 is 4.92 Å². The van der Waals surface area contributed by atoms with Gasteiger partial charge in [0.2, 0.25) is 5.95 Å². The molecule has 1 N–H and O–H groups in total. The van der Waals surface area contributed by atoms with Gasteiger partial charge in [0, 0.05) is 30.6 Å². The first kappa shape index (κ1) is 13.3. The zero-order valence-corrected chi connectivity index (χ0v) is 10.3. The number of nitro groups is 1. The van der Waals surface area contributed by atoms with Gasteiger partial charge in [0.05, 0.1) is 4.92 Å². The van der Waals surface area contributed by atoms with Gasteiger partial charge in [-0.15, -0.1) is 0 Å². The number of benzene rings is 1. The number of nitrogens with zero attached hydrogens (tertiary/aromatic N) is 3. The van der Waals surface area contributed by atoms with Gasteiger partial charge in [-0.05, 0) is 29.8 Å². The van der Waals surface area contributed by atoms with E-state index in [2.05, 4.69) is 15.3 Å². The van der Waals surface area contributed by atoms with Crippen LogP contribution in [0.1, 0.15) is 5.56 Å². The fourth-order valence-electron chi connectivity index (χ4n) is 1.39. The van der Waals surface area contributed by atoms with Crippen LogP contribution in [0.15, 0.2) is 48.8 Å². The predicted molar refractivity (Wildman–Crippen MR) is 72.8 cm³/mol. The van der Waals surface area contributed by atoms with E-state index >= 15 is 0 Å². The molecule has 1 aromatic heterocycles. The Kier molecular flexibility index (Phi) is 4.13. The number of hydrogen-bond donors (Lipinski definition) is 1. The number of nitro benzene ring substituents is 1. The molecule has 100 valence electrons. The summed E-state index contributed by atoms with van der Waals surface area (Å²) in [6, 6.07) is 7.50. The lowest BCUT2D eigenvalue weighted by Crippen LogP contribution is -2.10. The van der Waals surface area contributed by atoms with Crippen LogP contribution in [0.3, 0.4) is 0 Å². The Morgan fingerprint density at radius 1 is 1.20 bits per heavy atom. The summed E-state index contributed by atoms with van der Waals surface area (Å²) in [6.45, 7) is 0. The number of carbonyl (C=O) groups excluding carboxylic acids is 1. The number of nitrogens with one attached hydrogen (secondary N) is 1. The van der Waals surface area contributed by atoms with E-state index in [-0.39, 0.29) is 17.5 Å². The highest BCUT2D eigenvalue weighted by Crippen LogP contribution is 2.12. The smallest absolute Gasteiger partial charge is 0.269 e. The SMILES string of the molecule is O=C(/C=C/c1ccc([N+](=O)[O-])cc1)Nc1ncccn1. The van der Waals surface area contributed by atoms with Crippen molar-refractivity contribution in [2.45, 2.75) is 0 Å². The highest BCUT2D eigenvalue weighted by atomic mass is 16.6. The lowest BCUT2D eigenvalue weighted by atomic mass is 10.2. The molecular weight excluding hydrogens is 260 g/mol. The fourth-order valence-corrected chi connectivity index (χ4v) is 1.39. The highest BCUT2D eigenvalue weighted by Gasteiger charge is 2.03. The fraction of sp³-hybridized carbons (Fsp3) is 0. The van der Waals surface area contributed by atoms with Crippen molar-refractivity contribution in [3.8, 4) is 0 Å². The molecule has 0 saturated carbocycles. The molecule has 0 radical (unpaired) electrons. The molecule has 0 aliphatic rings. The van der Waals surface area contributed by atoms with Crippen molar-refractivity contribution in [1.82, 2.24) is 9.97 Å². The Morgan fingerprint density at radius 2 is 1.85 bits per heavy atom. The van der Waals surface area contributed by atoms with Crippen LogP contribution in [0.25, 0.3) is 6.08 Å². The molecule has 20 heavy (non-hydrogen) atoms. The quantitative estimate of drug-likeness (QED) is 0.520. The number of aromatic nitrogens is 2. The third-order valence-corrected chi connectivity index (χ3v) is 2.33. The molecular formula is C13H10N4O3. The lowest BCUT2D eigenvalue weighted by Gasteiger charge is -1.98. The summed E-state index contributed by atoms with van der Waals surface area (Å²) < 4.78 is 0. The van der Waals surface area contributed by atoms with Gasteiger partial charge in [-0.3, -0.25) is 20.2 Å². The zero-order chi connectivity index (χ0) is 14.4. The van der Waals surface area contributed by atoms with Gasteiger partial charge in [0.15, 0.2) is 0 Å². The van der Waals surface area contributed by atoms with Crippen LogP contribution in [0, 0.1) is 10.1 Å². The van der Waals surface area contributed by atoms with Gasteiger partial charge in [-0.25, -0.2) is 9.97 Å². The van der Waals surface area contributed by atoms with Gasteiger partial charge in [-0.1, -0.05) is 0 Å². The van der Waals surface area contributed by atoms with Crippen LogP contribution in [-0.4, -0.2) is 20.8 Å². The summed E-state index contributed by atoms with van der Waals surface area (Å²) in [7, 11) is 0. The molecule has 2 aromatic rings. The summed E-state index contributed by atoms with van der Waals surface area (Å²) in [4.78, 5) is 29.3. The van der Waals surface area contributed by atoms with Crippen LogP contribution in [-0.2, 0) is 4.79 Å². The van der Waals surface area contributed by atoms with E-state index in [0.717, 1.165) is 0 Å². The average molecular weight is 270 g/mol. The molecule has 1 aromatic carbocycles. The molecule has 7 heteroatoms. The molecule has 0 bridgehead atoms. The standard InChI is InChI=1S/C13H10N4O3/c18-12(16-13-14-8-1-9-15-13)7-4-10-2-5-11(6-3-10)17(19)20/h1-9H,(H,14,15,16,18)/b7-4+. The Hall–Kier alpha value is -3.09. The van der Waals surface area contributed by atoms with E-state index in [4.69, 9.17) is 0 Å². The highest BCUT2D eigenvalue weighted by molar-refractivity contribution is 6.00. The first-order valence-electron chi connectivity index (χ1n) is 5.66. The monoisotopic (exact) mass is 270 g/mol. The second-order valence-corrected chi connectivity index (χ2v) is 3.74. The summed E-state index contributed by atoms with van der Waals surface area (Å²) >= 11 is 0. The second-order valence-electron chi connectivity index (χ2n) is 3.74. The van der Waals surface area contributed by atoms with Gasteiger partial charge < -0.3 is 0 Å². The van der Waals surface area contributed by atoms with Crippen molar-refractivity contribution in [3.05, 3.63) is 64.5 Å². The molecule has 0 aliphatic heterocycles. The maximum absolute atomic E-state index is 11.6. The largest absolute Gasteiger partial charge is 0.291 e.